The minimum Gasteiger partial charge on any atom is -0.508 e. The highest BCUT2D eigenvalue weighted by molar-refractivity contribution is 5.85. The van der Waals surface area contributed by atoms with Gasteiger partial charge in [-0.3, -0.25) is 9.69 Å². The van der Waals surface area contributed by atoms with Crippen molar-refractivity contribution in [2.24, 2.45) is 10.6 Å². The maximum Gasteiger partial charge on any atom is 0.311 e. The first-order valence-electron chi connectivity index (χ1n) is 13.8. The molecule has 2 aromatic carbocycles. The summed E-state index contributed by atoms with van der Waals surface area (Å²) >= 11 is 0. The zero-order valence-corrected chi connectivity index (χ0v) is 22.2. The molecule has 3 aliphatic heterocycles. The summed E-state index contributed by atoms with van der Waals surface area (Å²) in [6, 6.07) is 10.5. The molecule has 0 unspecified atom stereocenters. The van der Waals surface area contributed by atoms with Crippen molar-refractivity contribution >= 4 is 11.8 Å². The molecule has 8 heteroatoms. The lowest BCUT2D eigenvalue weighted by Crippen LogP contribution is -2.61. The first-order valence-corrected chi connectivity index (χ1v) is 13.8. The number of rotatable bonds is 6. The summed E-state index contributed by atoms with van der Waals surface area (Å²) in [6.07, 6.45) is 4.56. The van der Waals surface area contributed by atoms with Crippen LogP contribution in [0.5, 0.6) is 5.75 Å². The molecule has 2 aromatic rings. The summed E-state index contributed by atoms with van der Waals surface area (Å²) in [7, 11) is 0. The predicted octanol–water partition coefficient (Wildman–Crippen LogP) is 5.03. The fourth-order valence-electron chi connectivity index (χ4n) is 6.12. The fourth-order valence-corrected chi connectivity index (χ4v) is 6.12. The second kappa shape index (κ2) is 9.56. The average Bonchev–Trinajstić information content (AvgIpc) is 3.64. The Morgan fingerprint density at radius 2 is 1.89 bits per heavy atom. The average molecular weight is 522 g/mol. The van der Waals surface area contributed by atoms with Crippen LogP contribution in [0.1, 0.15) is 63.0 Å². The van der Waals surface area contributed by atoms with E-state index in [-0.39, 0.29) is 23.1 Å². The van der Waals surface area contributed by atoms with E-state index in [1.807, 2.05) is 19.9 Å². The van der Waals surface area contributed by atoms with Crippen LogP contribution in [-0.4, -0.2) is 65.1 Å². The number of aromatic hydroxyl groups is 1. The zero-order valence-electron chi connectivity index (χ0n) is 22.2. The van der Waals surface area contributed by atoms with Crippen LogP contribution in [0.15, 0.2) is 41.6 Å². The minimum atomic E-state index is -0.426. The Labute approximate surface area is 223 Å². The molecule has 1 N–H and O–H groups in total. The van der Waals surface area contributed by atoms with Crippen molar-refractivity contribution in [2.75, 3.05) is 32.8 Å². The zero-order chi connectivity index (χ0) is 26.5. The van der Waals surface area contributed by atoms with Crippen molar-refractivity contribution in [3.63, 3.8) is 0 Å². The number of piperidine rings is 1. The number of benzene rings is 2. The molecular formula is C30H36FN3O4. The van der Waals surface area contributed by atoms with E-state index < -0.39 is 5.41 Å². The number of ether oxygens (including phenoxy) is 1. The van der Waals surface area contributed by atoms with Gasteiger partial charge in [0.2, 0.25) is 0 Å². The molecule has 1 spiro atoms. The Bertz CT molecular complexity index is 1240. The highest BCUT2D eigenvalue weighted by Gasteiger charge is 2.51. The maximum atomic E-state index is 13.5. The van der Waals surface area contributed by atoms with Crippen molar-refractivity contribution in [1.82, 2.24) is 9.80 Å². The van der Waals surface area contributed by atoms with E-state index in [1.165, 1.54) is 17.7 Å². The first kappa shape index (κ1) is 25.2. The lowest BCUT2D eigenvalue weighted by molar-refractivity contribution is -0.156. The van der Waals surface area contributed by atoms with E-state index in [0.29, 0.717) is 19.1 Å². The largest absolute Gasteiger partial charge is 0.508 e. The highest BCUT2D eigenvalue weighted by atomic mass is 19.1. The number of carbonyl (C=O) groups is 1. The predicted molar refractivity (Wildman–Crippen MR) is 142 cm³/mol. The molecule has 7 nitrogen and oxygen atoms in total. The summed E-state index contributed by atoms with van der Waals surface area (Å²) in [5.41, 5.74) is 3.35. The third kappa shape index (κ3) is 4.75. The number of halogens is 1. The van der Waals surface area contributed by atoms with E-state index in [4.69, 9.17) is 9.57 Å². The van der Waals surface area contributed by atoms with Crippen molar-refractivity contribution in [2.45, 2.75) is 64.0 Å². The van der Waals surface area contributed by atoms with Crippen LogP contribution in [0.3, 0.4) is 0 Å². The van der Waals surface area contributed by atoms with E-state index in [2.05, 4.69) is 21.0 Å². The SMILES string of the molecule is CCOC(=O)C1(C)CCN(C2=NOC3(C2)CN(Cc2cc(C4CC4)c(-c4ccc(F)cc4)cc2O)C3)CC1. The van der Waals surface area contributed by atoms with Gasteiger partial charge in [0.1, 0.15) is 17.4 Å². The van der Waals surface area contributed by atoms with Crippen LogP contribution in [-0.2, 0) is 20.9 Å². The standard InChI is InChI=1S/C30H36FN3O4/c1-3-37-28(36)29(2)10-12-34(13-11-29)27-16-30(38-32-27)18-33(19-30)17-22-14-24(20-4-5-20)25(15-26(22)35)21-6-8-23(31)9-7-21/h6-9,14-15,20,35H,3-5,10-13,16-19H2,1-2H3. The van der Waals surface area contributed by atoms with Crippen molar-refractivity contribution in [3.8, 4) is 16.9 Å². The Morgan fingerprint density at radius 3 is 2.55 bits per heavy atom. The molecule has 6 rings (SSSR count). The second-order valence-corrected chi connectivity index (χ2v) is 11.7. The Hall–Kier alpha value is -3.13. The summed E-state index contributed by atoms with van der Waals surface area (Å²) in [5, 5.41) is 15.3. The molecule has 0 bridgehead atoms. The Balaban J connectivity index is 1.06. The number of amidine groups is 1. The van der Waals surface area contributed by atoms with Gasteiger partial charge in [-0.25, -0.2) is 4.39 Å². The summed E-state index contributed by atoms with van der Waals surface area (Å²) in [6.45, 7) is 7.96. The molecule has 0 radical (unpaired) electrons. The van der Waals surface area contributed by atoms with E-state index in [1.54, 1.807) is 12.1 Å². The minimum absolute atomic E-state index is 0.103. The van der Waals surface area contributed by atoms with Gasteiger partial charge in [0.15, 0.2) is 5.60 Å². The van der Waals surface area contributed by atoms with E-state index in [0.717, 1.165) is 80.8 Å². The van der Waals surface area contributed by atoms with Gasteiger partial charge in [-0.1, -0.05) is 17.3 Å². The lowest BCUT2D eigenvalue weighted by Gasteiger charge is -2.46. The number of likely N-dealkylation sites (tertiary alicyclic amines) is 2. The molecule has 38 heavy (non-hydrogen) atoms. The monoisotopic (exact) mass is 521 g/mol. The smallest absolute Gasteiger partial charge is 0.311 e. The van der Waals surface area contributed by atoms with Gasteiger partial charge in [0, 0.05) is 38.3 Å². The molecule has 1 saturated carbocycles. The molecule has 3 heterocycles. The Morgan fingerprint density at radius 1 is 1.18 bits per heavy atom. The number of phenols is 1. The van der Waals surface area contributed by atoms with Crippen LogP contribution < -0.4 is 0 Å². The van der Waals surface area contributed by atoms with Gasteiger partial charge in [-0.05, 0) is 86.4 Å². The number of phenolic OH excluding ortho intramolecular Hbond substituents is 1. The molecule has 4 aliphatic rings. The first-order chi connectivity index (χ1) is 18.3. The molecule has 1 aliphatic carbocycles. The van der Waals surface area contributed by atoms with E-state index in [9.17, 15) is 14.3 Å². The fraction of sp³-hybridized carbons (Fsp3) is 0.533. The van der Waals surface area contributed by atoms with Crippen molar-refractivity contribution < 1.29 is 23.9 Å². The second-order valence-electron chi connectivity index (χ2n) is 11.7. The summed E-state index contributed by atoms with van der Waals surface area (Å²) < 4.78 is 18.7. The topological polar surface area (TPSA) is 74.6 Å². The number of oxime groups is 1. The third-order valence-electron chi connectivity index (χ3n) is 8.67. The third-order valence-corrected chi connectivity index (χ3v) is 8.67. The molecular weight excluding hydrogens is 485 g/mol. The Kier molecular flexibility index (Phi) is 6.33. The van der Waals surface area contributed by atoms with Gasteiger partial charge in [0.05, 0.1) is 18.4 Å². The molecule has 0 atom stereocenters. The lowest BCUT2D eigenvalue weighted by atomic mass is 9.80. The molecule has 202 valence electrons. The quantitative estimate of drug-likeness (QED) is 0.538. The number of nitrogens with zero attached hydrogens (tertiary/aromatic N) is 3. The number of carbonyl (C=O) groups excluding carboxylic acids is 1. The molecule has 0 amide bonds. The summed E-state index contributed by atoms with van der Waals surface area (Å²) in [5.74, 6) is 1.39. The maximum absolute atomic E-state index is 13.5. The van der Waals surface area contributed by atoms with Crippen LogP contribution in [0.2, 0.25) is 0 Å². The molecule has 2 saturated heterocycles. The normalized spacial score (nSPS) is 22.1. The van der Waals surface area contributed by atoms with Gasteiger partial charge in [0.25, 0.3) is 0 Å². The number of hydrogen-bond acceptors (Lipinski definition) is 7. The van der Waals surface area contributed by atoms with E-state index >= 15 is 0 Å². The van der Waals surface area contributed by atoms with Gasteiger partial charge >= 0.3 is 5.97 Å². The molecule has 0 aromatic heterocycles. The van der Waals surface area contributed by atoms with Crippen LogP contribution in [0.25, 0.3) is 11.1 Å². The van der Waals surface area contributed by atoms with Crippen LogP contribution in [0, 0.1) is 11.2 Å². The number of hydrogen-bond donors (Lipinski definition) is 1. The van der Waals surface area contributed by atoms with Gasteiger partial charge in [-0.2, -0.15) is 0 Å². The highest BCUT2D eigenvalue weighted by Crippen LogP contribution is 2.47. The van der Waals surface area contributed by atoms with Crippen molar-refractivity contribution in [1.29, 1.82) is 0 Å². The van der Waals surface area contributed by atoms with Crippen LogP contribution in [0.4, 0.5) is 4.39 Å². The van der Waals surface area contributed by atoms with Crippen molar-refractivity contribution in [3.05, 3.63) is 53.3 Å². The van der Waals surface area contributed by atoms with Gasteiger partial charge < -0.3 is 19.6 Å². The van der Waals surface area contributed by atoms with Gasteiger partial charge in [-0.15, -0.1) is 0 Å². The van der Waals surface area contributed by atoms with Crippen LogP contribution >= 0.6 is 0 Å². The number of esters is 1. The summed E-state index contributed by atoms with van der Waals surface area (Å²) in [4.78, 5) is 22.8. The molecule has 3 fully saturated rings.